The number of hydrogen-bond donors (Lipinski definition) is 0. The molecule has 0 aliphatic heterocycles. The lowest BCUT2D eigenvalue weighted by Crippen LogP contribution is -2.36. The van der Waals surface area contributed by atoms with Crippen LogP contribution in [0.1, 0.15) is 41.5 Å². The van der Waals surface area contributed by atoms with Crippen molar-refractivity contribution < 1.29 is 0 Å². The van der Waals surface area contributed by atoms with Crippen molar-refractivity contribution in [1.82, 2.24) is 4.90 Å². The maximum atomic E-state index is 4.64. The highest BCUT2D eigenvalue weighted by Crippen LogP contribution is 2.07. The van der Waals surface area contributed by atoms with Gasteiger partial charge in [-0.15, -0.1) is 0 Å². The number of rotatable bonds is 3. The van der Waals surface area contributed by atoms with Gasteiger partial charge in [-0.3, -0.25) is 4.99 Å². The van der Waals surface area contributed by atoms with Crippen LogP contribution in [0.3, 0.4) is 0 Å². The summed E-state index contributed by atoms with van der Waals surface area (Å²) in [5, 5.41) is 0. The van der Waals surface area contributed by atoms with Crippen LogP contribution in [0, 0.1) is 5.92 Å². The fourth-order valence-corrected chi connectivity index (χ4v) is 1.18. The third-order valence-corrected chi connectivity index (χ3v) is 2.04. The maximum absolute atomic E-state index is 4.64. The number of nitrogens with zero attached hydrogens (tertiary/aromatic N) is 2. The van der Waals surface area contributed by atoms with Gasteiger partial charge in [-0.2, -0.15) is 0 Å². The molecule has 0 N–H and O–H groups in total. The predicted octanol–water partition coefficient (Wildman–Crippen LogP) is 2.79. The van der Waals surface area contributed by atoms with Crippen molar-refractivity contribution in [3.8, 4) is 0 Å². The first-order valence-electron chi connectivity index (χ1n) is 5.16. The van der Waals surface area contributed by atoms with Crippen molar-refractivity contribution in [3.05, 3.63) is 0 Å². The Labute approximate surface area is 83.0 Å². The second-order valence-electron chi connectivity index (χ2n) is 4.44. The van der Waals surface area contributed by atoms with Crippen LogP contribution in [0.5, 0.6) is 0 Å². The lowest BCUT2D eigenvalue weighted by molar-refractivity contribution is 0.395. The van der Waals surface area contributed by atoms with Crippen LogP contribution in [-0.2, 0) is 0 Å². The minimum atomic E-state index is 0.388. The zero-order valence-electron chi connectivity index (χ0n) is 10.1. The molecule has 0 saturated carbocycles. The van der Waals surface area contributed by atoms with Crippen molar-refractivity contribution in [1.29, 1.82) is 0 Å². The van der Waals surface area contributed by atoms with Crippen molar-refractivity contribution in [2.75, 3.05) is 7.05 Å². The molecule has 0 aromatic rings. The Morgan fingerprint density at radius 3 is 1.69 bits per heavy atom. The molecule has 0 amide bonds. The minimum absolute atomic E-state index is 0.388. The minimum Gasteiger partial charge on any atom is -0.361 e. The third-order valence-electron chi connectivity index (χ3n) is 2.04. The van der Waals surface area contributed by atoms with E-state index in [0.717, 1.165) is 0 Å². The zero-order chi connectivity index (χ0) is 10.6. The topological polar surface area (TPSA) is 15.6 Å². The molecule has 0 aliphatic carbocycles. The Morgan fingerprint density at radius 1 is 1.00 bits per heavy atom. The van der Waals surface area contributed by atoms with Crippen LogP contribution >= 0.6 is 0 Å². The van der Waals surface area contributed by atoms with Gasteiger partial charge in [0.1, 0.15) is 5.84 Å². The van der Waals surface area contributed by atoms with Gasteiger partial charge in [0.2, 0.25) is 0 Å². The van der Waals surface area contributed by atoms with Crippen LogP contribution in [0.4, 0.5) is 0 Å². The Hall–Kier alpha value is -0.530. The summed E-state index contributed by atoms with van der Waals surface area (Å²) in [6.45, 7) is 13.0. The molecule has 0 aromatic carbocycles. The highest BCUT2D eigenvalue weighted by atomic mass is 15.2. The monoisotopic (exact) mass is 184 g/mol. The Bertz CT molecular complexity index is 169. The van der Waals surface area contributed by atoms with Crippen LogP contribution in [-0.4, -0.2) is 29.9 Å². The molecular weight excluding hydrogens is 160 g/mol. The summed E-state index contributed by atoms with van der Waals surface area (Å²) >= 11 is 0. The lowest BCUT2D eigenvalue weighted by atomic mass is 10.1. The van der Waals surface area contributed by atoms with E-state index in [4.69, 9.17) is 0 Å². The van der Waals surface area contributed by atoms with E-state index < -0.39 is 0 Å². The molecule has 0 aliphatic rings. The summed E-state index contributed by atoms with van der Waals surface area (Å²) in [4.78, 5) is 6.89. The van der Waals surface area contributed by atoms with Gasteiger partial charge in [-0.25, -0.2) is 0 Å². The van der Waals surface area contributed by atoms with Crippen molar-refractivity contribution in [3.63, 3.8) is 0 Å². The summed E-state index contributed by atoms with van der Waals surface area (Å²) in [6.07, 6.45) is 0. The number of aliphatic imine (C=N–C) groups is 1. The number of hydrogen-bond acceptors (Lipinski definition) is 1. The molecule has 0 aromatic heterocycles. The van der Waals surface area contributed by atoms with E-state index in [9.17, 15) is 0 Å². The Morgan fingerprint density at radius 2 is 1.46 bits per heavy atom. The van der Waals surface area contributed by atoms with Crippen LogP contribution in [0.2, 0.25) is 0 Å². The largest absolute Gasteiger partial charge is 0.361 e. The first-order valence-corrected chi connectivity index (χ1v) is 5.16. The van der Waals surface area contributed by atoms with Gasteiger partial charge in [0.15, 0.2) is 0 Å². The van der Waals surface area contributed by atoms with Crippen molar-refractivity contribution in [2.45, 2.75) is 53.6 Å². The van der Waals surface area contributed by atoms with Gasteiger partial charge in [-0.1, -0.05) is 13.8 Å². The average Bonchev–Trinajstić information content (AvgIpc) is 1.97. The molecule has 0 radical (unpaired) electrons. The van der Waals surface area contributed by atoms with Crippen molar-refractivity contribution >= 4 is 5.84 Å². The first-order chi connectivity index (χ1) is 5.86. The second-order valence-corrected chi connectivity index (χ2v) is 4.44. The molecule has 0 heterocycles. The molecule has 0 rings (SSSR count). The predicted molar refractivity (Wildman–Crippen MR) is 60.3 cm³/mol. The highest BCUT2D eigenvalue weighted by molar-refractivity contribution is 5.84. The van der Waals surface area contributed by atoms with E-state index in [0.29, 0.717) is 18.0 Å². The number of amidine groups is 1. The molecule has 2 heteroatoms. The summed E-state index contributed by atoms with van der Waals surface area (Å²) in [5.74, 6) is 1.72. The maximum Gasteiger partial charge on any atom is 0.102 e. The normalized spacial score (nSPS) is 13.2. The smallest absolute Gasteiger partial charge is 0.102 e. The molecule has 0 unspecified atom stereocenters. The molecule has 0 saturated heterocycles. The molecular formula is C11H24N2. The second kappa shape index (κ2) is 5.25. The van der Waals surface area contributed by atoms with Gasteiger partial charge >= 0.3 is 0 Å². The van der Waals surface area contributed by atoms with E-state index in [1.165, 1.54) is 5.84 Å². The summed E-state index contributed by atoms with van der Waals surface area (Å²) in [7, 11) is 2.12. The lowest BCUT2D eigenvalue weighted by Gasteiger charge is -2.28. The van der Waals surface area contributed by atoms with Crippen LogP contribution in [0.15, 0.2) is 4.99 Å². The molecule has 0 atom stereocenters. The quantitative estimate of drug-likeness (QED) is 0.486. The van der Waals surface area contributed by atoms with E-state index in [1.54, 1.807) is 0 Å². The summed E-state index contributed by atoms with van der Waals surface area (Å²) in [5.41, 5.74) is 0. The molecule has 0 spiro atoms. The molecule has 0 fully saturated rings. The van der Waals surface area contributed by atoms with Gasteiger partial charge in [0, 0.05) is 25.0 Å². The Balaban J connectivity index is 4.61. The van der Waals surface area contributed by atoms with Gasteiger partial charge in [0.25, 0.3) is 0 Å². The Kier molecular flexibility index (Phi) is 5.04. The highest BCUT2D eigenvalue weighted by Gasteiger charge is 2.13. The van der Waals surface area contributed by atoms with E-state index in [-0.39, 0.29) is 0 Å². The fourth-order valence-electron chi connectivity index (χ4n) is 1.18. The molecule has 2 nitrogen and oxygen atoms in total. The van der Waals surface area contributed by atoms with Gasteiger partial charge in [-0.05, 0) is 27.7 Å². The standard InChI is InChI=1S/C11H24N2/c1-8(2)11(12-9(3)4)13(7)10(5)6/h8-10H,1-7H3. The van der Waals surface area contributed by atoms with Crippen LogP contribution < -0.4 is 0 Å². The molecule has 13 heavy (non-hydrogen) atoms. The summed E-state index contributed by atoms with van der Waals surface area (Å²) < 4.78 is 0. The third kappa shape index (κ3) is 4.30. The fraction of sp³-hybridized carbons (Fsp3) is 0.909. The molecule has 0 bridgehead atoms. The van der Waals surface area contributed by atoms with Crippen LogP contribution in [0.25, 0.3) is 0 Å². The first kappa shape index (κ1) is 12.5. The zero-order valence-corrected chi connectivity index (χ0v) is 10.1. The summed E-state index contributed by atoms with van der Waals surface area (Å²) in [6, 6.07) is 0.915. The van der Waals surface area contributed by atoms with E-state index in [1.807, 2.05) is 0 Å². The SMILES string of the molecule is CC(C)N=C(C(C)C)N(C)C(C)C. The van der Waals surface area contributed by atoms with Crippen molar-refractivity contribution in [2.24, 2.45) is 10.9 Å². The van der Waals surface area contributed by atoms with E-state index >= 15 is 0 Å². The van der Waals surface area contributed by atoms with Gasteiger partial charge < -0.3 is 4.90 Å². The molecule has 78 valence electrons. The van der Waals surface area contributed by atoms with E-state index in [2.05, 4.69) is 58.5 Å². The van der Waals surface area contributed by atoms with Gasteiger partial charge in [0.05, 0.1) is 0 Å². The average molecular weight is 184 g/mol.